The number of alkyl carbamates (subject to hydrolysis) is 1. The van der Waals surface area contributed by atoms with Crippen molar-refractivity contribution in [3.63, 3.8) is 0 Å². The number of hydrogen-bond acceptors (Lipinski definition) is 4. The van der Waals surface area contributed by atoms with Crippen LogP contribution in [-0.2, 0) is 9.53 Å². The molecule has 0 fully saturated rings. The van der Waals surface area contributed by atoms with Crippen LogP contribution in [0, 0.1) is 0 Å². The van der Waals surface area contributed by atoms with E-state index in [1.54, 1.807) is 0 Å². The summed E-state index contributed by atoms with van der Waals surface area (Å²) >= 11 is 0. The van der Waals surface area contributed by atoms with Crippen molar-refractivity contribution < 1.29 is 14.3 Å². The average molecular weight is 498 g/mol. The highest BCUT2D eigenvalue weighted by Crippen LogP contribution is 2.13. The number of rotatable bonds is 23. The average Bonchev–Trinajstić information content (AvgIpc) is 2.79. The number of hydrogen-bond donors (Lipinski definition) is 3. The second-order valence-corrected chi connectivity index (χ2v) is 11.1. The maximum Gasteiger partial charge on any atom is 0.407 e. The minimum absolute atomic E-state index is 0.0638. The molecule has 1 unspecified atom stereocenters. The lowest BCUT2D eigenvalue weighted by Gasteiger charge is -2.19. The van der Waals surface area contributed by atoms with Gasteiger partial charge in [-0.1, -0.05) is 103 Å². The van der Waals surface area contributed by atoms with Crippen LogP contribution in [0.15, 0.2) is 0 Å². The third-order valence-electron chi connectivity index (χ3n) is 6.28. The summed E-state index contributed by atoms with van der Waals surface area (Å²) in [7, 11) is 0. The smallest absolute Gasteiger partial charge is 0.407 e. The van der Waals surface area contributed by atoms with Crippen LogP contribution in [0.3, 0.4) is 0 Å². The molecule has 6 heteroatoms. The Kier molecular flexibility index (Phi) is 22.3. The van der Waals surface area contributed by atoms with E-state index in [1.807, 2.05) is 20.8 Å². The van der Waals surface area contributed by atoms with E-state index in [0.29, 0.717) is 19.5 Å². The van der Waals surface area contributed by atoms with Gasteiger partial charge >= 0.3 is 6.09 Å². The molecule has 0 radical (unpaired) electrons. The minimum atomic E-state index is -0.489. The Morgan fingerprint density at radius 2 is 1.06 bits per heavy atom. The lowest BCUT2D eigenvalue weighted by Crippen LogP contribution is -2.41. The first kappa shape index (κ1) is 33.7. The lowest BCUT2D eigenvalue weighted by atomic mass is 10.0. The van der Waals surface area contributed by atoms with Gasteiger partial charge in [0, 0.05) is 13.1 Å². The van der Waals surface area contributed by atoms with E-state index in [-0.39, 0.29) is 5.91 Å². The fourth-order valence-electron chi connectivity index (χ4n) is 4.14. The van der Waals surface area contributed by atoms with Gasteiger partial charge in [-0.05, 0) is 46.5 Å². The number of ether oxygens (including phenoxy) is 1. The number of carbonyl (C=O) groups is 2. The molecule has 1 atom stereocenters. The second kappa shape index (κ2) is 23.1. The minimum Gasteiger partial charge on any atom is -0.444 e. The van der Waals surface area contributed by atoms with E-state index in [0.717, 1.165) is 19.3 Å². The molecule has 0 aliphatic carbocycles. The third-order valence-corrected chi connectivity index (χ3v) is 6.28. The van der Waals surface area contributed by atoms with Crippen molar-refractivity contribution in [1.82, 2.24) is 10.6 Å². The molecule has 0 saturated carbocycles. The molecular weight excluding hydrogens is 438 g/mol. The summed E-state index contributed by atoms with van der Waals surface area (Å²) in [6, 6.07) is -0.474. The zero-order valence-corrected chi connectivity index (χ0v) is 23.7. The topological polar surface area (TPSA) is 93.5 Å². The Morgan fingerprint density at radius 1 is 0.657 bits per heavy atom. The van der Waals surface area contributed by atoms with E-state index < -0.39 is 17.7 Å². The standard InChI is InChI=1S/C29H59N3O3/c1-5-6-7-8-9-10-11-12-13-14-15-16-17-18-19-21-24-31-27(33)26(30)23-20-22-25-32-28(34)35-29(2,3)4/h26H,5-25,30H2,1-4H3,(H,31,33)(H,32,34). The van der Waals surface area contributed by atoms with Gasteiger partial charge in [0.15, 0.2) is 0 Å². The fraction of sp³-hybridized carbons (Fsp3) is 0.931. The first-order valence-corrected chi connectivity index (χ1v) is 14.8. The van der Waals surface area contributed by atoms with E-state index in [9.17, 15) is 9.59 Å². The molecule has 0 bridgehead atoms. The molecule has 0 aliphatic rings. The first-order valence-electron chi connectivity index (χ1n) is 14.8. The summed E-state index contributed by atoms with van der Waals surface area (Å²) in [6.45, 7) is 9.03. The SMILES string of the molecule is CCCCCCCCCCCCCCCCCCNC(=O)C(N)CCCCNC(=O)OC(C)(C)C. The van der Waals surface area contributed by atoms with Gasteiger partial charge in [-0.2, -0.15) is 0 Å². The van der Waals surface area contributed by atoms with Crippen molar-refractivity contribution >= 4 is 12.0 Å². The summed E-state index contributed by atoms with van der Waals surface area (Å²) in [4.78, 5) is 23.7. The van der Waals surface area contributed by atoms with Gasteiger partial charge in [0.2, 0.25) is 5.91 Å². The molecule has 4 N–H and O–H groups in total. The van der Waals surface area contributed by atoms with Crippen LogP contribution in [0.4, 0.5) is 4.79 Å². The van der Waals surface area contributed by atoms with Crippen LogP contribution >= 0.6 is 0 Å². The number of nitrogens with two attached hydrogens (primary N) is 1. The van der Waals surface area contributed by atoms with Gasteiger partial charge in [0.1, 0.15) is 5.60 Å². The molecule has 0 aromatic rings. The van der Waals surface area contributed by atoms with Crippen molar-refractivity contribution in [2.24, 2.45) is 5.73 Å². The van der Waals surface area contributed by atoms with Gasteiger partial charge in [-0.25, -0.2) is 4.79 Å². The van der Waals surface area contributed by atoms with Gasteiger partial charge in [-0.3, -0.25) is 4.79 Å². The number of amides is 2. The van der Waals surface area contributed by atoms with Crippen molar-refractivity contribution in [3.05, 3.63) is 0 Å². The van der Waals surface area contributed by atoms with Gasteiger partial charge in [0.05, 0.1) is 6.04 Å². The summed E-state index contributed by atoms with van der Waals surface area (Å²) in [6.07, 6.45) is 23.4. The molecule has 35 heavy (non-hydrogen) atoms. The molecule has 0 rings (SSSR count). The van der Waals surface area contributed by atoms with Gasteiger partial charge in [0.25, 0.3) is 0 Å². The molecule has 2 amide bonds. The monoisotopic (exact) mass is 497 g/mol. The van der Waals surface area contributed by atoms with E-state index in [4.69, 9.17) is 10.5 Å². The summed E-state index contributed by atoms with van der Waals surface area (Å²) < 4.78 is 5.19. The Balaban J connectivity index is 3.38. The number of carbonyl (C=O) groups excluding carboxylic acids is 2. The van der Waals surface area contributed by atoms with Crippen LogP contribution < -0.4 is 16.4 Å². The fourth-order valence-corrected chi connectivity index (χ4v) is 4.14. The zero-order chi connectivity index (χ0) is 26.2. The molecule has 0 aromatic heterocycles. The predicted octanol–water partition coefficient (Wildman–Crippen LogP) is 7.39. The summed E-state index contributed by atoms with van der Waals surface area (Å²) in [5, 5.41) is 5.69. The normalized spacial score (nSPS) is 12.4. The Labute approximate surface area is 217 Å². The molecule has 0 spiro atoms. The highest BCUT2D eigenvalue weighted by molar-refractivity contribution is 5.81. The van der Waals surface area contributed by atoms with Gasteiger partial charge in [-0.15, -0.1) is 0 Å². The highest BCUT2D eigenvalue weighted by atomic mass is 16.6. The predicted molar refractivity (Wildman–Crippen MR) is 149 cm³/mol. The van der Waals surface area contributed by atoms with Crippen LogP contribution in [0.2, 0.25) is 0 Å². The molecule has 0 heterocycles. The van der Waals surface area contributed by atoms with Crippen LogP contribution in [-0.4, -0.2) is 36.7 Å². The van der Waals surface area contributed by atoms with Crippen LogP contribution in [0.1, 0.15) is 150 Å². The van der Waals surface area contributed by atoms with Gasteiger partial charge < -0.3 is 21.1 Å². The van der Waals surface area contributed by atoms with E-state index in [1.165, 1.54) is 96.3 Å². The first-order chi connectivity index (χ1) is 16.8. The van der Waals surface area contributed by atoms with Crippen LogP contribution in [0.5, 0.6) is 0 Å². The third kappa shape index (κ3) is 25.6. The Morgan fingerprint density at radius 3 is 1.51 bits per heavy atom. The Hall–Kier alpha value is -1.30. The molecule has 6 nitrogen and oxygen atoms in total. The van der Waals surface area contributed by atoms with Crippen molar-refractivity contribution in [2.75, 3.05) is 13.1 Å². The van der Waals surface area contributed by atoms with E-state index in [2.05, 4.69) is 17.6 Å². The van der Waals surface area contributed by atoms with Crippen molar-refractivity contribution in [3.8, 4) is 0 Å². The summed E-state index contributed by atoms with van der Waals surface area (Å²) in [5.41, 5.74) is 5.50. The van der Waals surface area contributed by atoms with E-state index >= 15 is 0 Å². The molecule has 208 valence electrons. The second-order valence-electron chi connectivity index (χ2n) is 11.1. The van der Waals surface area contributed by atoms with Crippen molar-refractivity contribution in [2.45, 2.75) is 161 Å². The molecule has 0 aliphatic heterocycles. The molecule has 0 aromatic carbocycles. The van der Waals surface area contributed by atoms with Crippen molar-refractivity contribution in [1.29, 1.82) is 0 Å². The largest absolute Gasteiger partial charge is 0.444 e. The zero-order valence-electron chi connectivity index (χ0n) is 23.7. The molecular formula is C29H59N3O3. The lowest BCUT2D eigenvalue weighted by molar-refractivity contribution is -0.122. The Bertz CT molecular complexity index is 506. The summed E-state index contributed by atoms with van der Waals surface area (Å²) in [5.74, 6) is -0.0638. The quantitative estimate of drug-likeness (QED) is 0.128. The maximum absolute atomic E-state index is 12.1. The number of unbranched alkanes of at least 4 members (excludes halogenated alkanes) is 16. The number of nitrogens with one attached hydrogen (secondary N) is 2. The maximum atomic E-state index is 12.1. The molecule has 0 saturated heterocycles. The highest BCUT2D eigenvalue weighted by Gasteiger charge is 2.16. The van der Waals surface area contributed by atoms with Crippen LogP contribution in [0.25, 0.3) is 0 Å².